The summed E-state index contributed by atoms with van der Waals surface area (Å²) in [6.45, 7) is 11.9. The summed E-state index contributed by atoms with van der Waals surface area (Å²) in [5, 5.41) is 0. The highest BCUT2D eigenvalue weighted by atomic mass is 16.2. The molecule has 1 aromatic heterocycles. The zero-order valence-corrected chi connectivity index (χ0v) is 14.5. The second kappa shape index (κ2) is 10.1. The number of carbonyl (C=O) groups excluding carboxylic acids is 1. The van der Waals surface area contributed by atoms with Crippen LogP contribution in [0.5, 0.6) is 0 Å². The summed E-state index contributed by atoms with van der Waals surface area (Å²) in [6.07, 6.45) is 7.38. The Bertz CT molecular complexity index is 421. The van der Waals surface area contributed by atoms with Crippen molar-refractivity contribution < 1.29 is 4.79 Å². The first-order chi connectivity index (χ1) is 10.7. The van der Waals surface area contributed by atoms with Gasteiger partial charge in [0.2, 0.25) is 5.95 Å². The Labute approximate surface area is 134 Å². The molecule has 5 heteroatoms. The molecule has 0 aliphatic rings. The third-order valence-corrected chi connectivity index (χ3v) is 3.43. The minimum absolute atomic E-state index is 0.0350. The maximum absolute atomic E-state index is 12.5. The predicted octanol–water partition coefficient (Wildman–Crippen LogP) is 3.37. The summed E-state index contributed by atoms with van der Waals surface area (Å²) in [7, 11) is 0. The van der Waals surface area contributed by atoms with Crippen molar-refractivity contribution in [2.75, 3.05) is 31.1 Å². The van der Waals surface area contributed by atoms with Gasteiger partial charge in [0.25, 0.3) is 5.91 Å². The second-order valence-corrected chi connectivity index (χ2v) is 5.55. The van der Waals surface area contributed by atoms with Crippen molar-refractivity contribution in [1.29, 1.82) is 0 Å². The Kier molecular flexibility index (Phi) is 8.48. The highest BCUT2D eigenvalue weighted by Crippen LogP contribution is 2.11. The van der Waals surface area contributed by atoms with Crippen molar-refractivity contribution in [3.8, 4) is 0 Å². The average Bonchev–Trinajstić information content (AvgIpc) is 2.54. The van der Waals surface area contributed by atoms with Crippen molar-refractivity contribution in [2.24, 2.45) is 0 Å². The van der Waals surface area contributed by atoms with Crippen molar-refractivity contribution in [2.45, 2.75) is 53.4 Å². The van der Waals surface area contributed by atoms with Gasteiger partial charge in [0.1, 0.15) is 0 Å². The minimum Gasteiger partial charge on any atom is -0.341 e. The van der Waals surface area contributed by atoms with Gasteiger partial charge < -0.3 is 9.80 Å². The van der Waals surface area contributed by atoms with Crippen molar-refractivity contribution in [3.63, 3.8) is 0 Å². The van der Waals surface area contributed by atoms with Gasteiger partial charge in [0.05, 0.1) is 5.56 Å². The zero-order chi connectivity index (χ0) is 16.4. The fraction of sp³-hybridized carbons (Fsp3) is 0.706. The van der Waals surface area contributed by atoms with Gasteiger partial charge in [0.15, 0.2) is 0 Å². The highest BCUT2D eigenvalue weighted by Gasteiger charge is 2.16. The number of aromatic nitrogens is 2. The van der Waals surface area contributed by atoms with E-state index in [4.69, 9.17) is 0 Å². The van der Waals surface area contributed by atoms with Crippen molar-refractivity contribution in [1.82, 2.24) is 14.9 Å². The van der Waals surface area contributed by atoms with E-state index in [1.54, 1.807) is 12.4 Å². The van der Waals surface area contributed by atoms with Gasteiger partial charge in [0, 0.05) is 38.6 Å². The minimum atomic E-state index is 0.0350. The van der Waals surface area contributed by atoms with Crippen LogP contribution in [0.2, 0.25) is 0 Å². The molecule has 1 rings (SSSR count). The molecule has 1 amide bonds. The molecule has 0 saturated heterocycles. The van der Waals surface area contributed by atoms with E-state index < -0.39 is 0 Å². The summed E-state index contributed by atoms with van der Waals surface area (Å²) >= 11 is 0. The number of hydrogen-bond acceptors (Lipinski definition) is 4. The lowest BCUT2D eigenvalue weighted by atomic mass is 10.2. The van der Waals surface area contributed by atoms with E-state index in [0.717, 1.165) is 57.8 Å². The van der Waals surface area contributed by atoms with Crippen molar-refractivity contribution in [3.05, 3.63) is 18.0 Å². The zero-order valence-electron chi connectivity index (χ0n) is 14.5. The monoisotopic (exact) mass is 306 g/mol. The third-order valence-electron chi connectivity index (χ3n) is 3.43. The van der Waals surface area contributed by atoms with E-state index in [1.165, 1.54) is 0 Å². The number of nitrogens with zero attached hydrogens (tertiary/aromatic N) is 4. The molecule has 0 unspecified atom stereocenters. The molecule has 0 saturated carbocycles. The molecule has 0 aliphatic carbocycles. The molecule has 0 N–H and O–H groups in total. The molecule has 22 heavy (non-hydrogen) atoms. The van der Waals surface area contributed by atoms with E-state index >= 15 is 0 Å². The average molecular weight is 306 g/mol. The lowest BCUT2D eigenvalue weighted by Gasteiger charge is -2.23. The van der Waals surface area contributed by atoms with Crippen LogP contribution in [-0.2, 0) is 0 Å². The molecule has 0 aliphatic heterocycles. The van der Waals surface area contributed by atoms with E-state index in [1.807, 2.05) is 4.90 Å². The van der Waals surface area contributed by atoms with Gasteiger partial charge in [-0.1, -0.05) is 27.7 Å². The Morgan fingerprint density at radius 2 is 1.32 bits per heavy atom. The fourth-order valence-electron chi connectivity index (χ4n) is 2.48. The van der Waals surface area contributed by atoms with Crippen LogP contribution in [0.1, 0.15) is 63.7 Å². The maximum atomic E-state index is 12.5. The summed E-state index contributed by atoms with van der Waals surface area (Å²) in [5.41, 5.74) is 0.582. The smallest absolute Gasteiger partial charge is 0.256 e. The molecule has 0 aromatic carbocycles. The quantitative estimate of drug-likeness (QED) is 0.665. The molecule has 5 nitrogen and oxygen atoms in total. The van der Waals surface area contributed by atoms with Crippen LogP contribution >= 0.6 is 0 Å². The number of amides is 1. The number of rotatable bonds is 10. The normalized spacial score (nSPS) is 10.5. The van der Waals surface area contributed by atoms with Crippen LogP contribution < -0.4 is 4.90 Å². The molecular weight excluding hydrogens is 276 g/mol. The molecule has 0 fully saturated rings. The SMILES string of the molecule is CCCN(CCC)C(=O)c1cnc(N(CCC)CCC)nc1. The summed E-state index contributed by atoms with van der Waals surface area (Å²) < 4.78 is 0. The van der Waals surface area contributed by atoms with Crippen LogP contribution in [0.4, 0.5) is 5.95 Å². The molecule has 0 bridgehead atoms. The van der Waals surface area contributed by atoms with E-state index in [-0.39, 0.29) is 5.91 Å². The van der Waals surface area contributed by atoms with Gasteiger partial charge >= 0.3 is 0 Å². The topological polar surface area (TPSA) is 49.3 Å². The maximum Gasteiger partial charge on any atom is 0.256 e. The molecular formula is C17H30N4O. The Balaban J connectivity index is 2.83. The van der Waals surface area contributed by atoms with E-state index in [0.29, 0.717) is 5.56 Å². The summed E-state index contributed by atoms with van der Waals surface area (Å²) in [6, 6.07) is 0. The Morgan fingerprint density at radius 1 is 0.864 bits per heavy atom. The Hall–Kier alpha value is -1.65. The first-order valence-electron chi connectivity index (χ1n) is 8.54. The van der Waals surface area contributed by atoms with Crippen LogP contribution in [-0.4, -0.2) is 47.0 Å². The molecule has 124 valence electrons. The van der Waals surface area contributed by atoms with Gasteiger partial charge in [-0.15, -0.1) is 0 Å². The first kappa shape index (κ1) is 18.4. The van der Waals surface area contributed by atoms with Crippen LogP contribution in [0, 0.1) is 0 Å². The van der Waals surface area contributed by atoms with Crippen LogP contribution in [0.15, 0.2) is 12.4 Å². The van der Waals surface area contributed by atoms with E-state index in [9.17, 15) is 4.79 Å². The highest BCUT2D eigenvalue weighted by molar-refractivity contribution is 5.93. The number of carbonyl (C=O) groups is 1. The molecule has 0 atom stereocenters. The Morgan fingerprint density at radius 3 is 1.73 bits per heavy atom. The molecule has 1 heterocycles. The predicted molar refractivity (Wildman–Crippen MR) is 91.3 cm³/mol. The number of anilines is 1. The van der Waals surface area contributed by atoms with Gasteiger partial charge in [-0.05, 0) is 25.7 Å². The second-order valence-electron chi connectivity index (χ2n) is 5.55. The standard InChI is InChI=1S/C17H30N4O/c1-5-9-20(10-6-2)16(22)15-13-18-17(19-14-15)21(11-7-3)12-8-4/h13-14H,5-12H2,1-4H3. The summed E-state index contributed by atoms with van der Waals surface area (Å²) in [5.74, 6) is 0.755. The largest absolute Gasteiger partial charge is 0.341 e. The lowest BCUT2D eigenvalue weighted by molar-refractivity contribution is 0.0754. The first-order valence-corrected chi connectivity index (χ1v) is 8.54. The van der Waals surface area contributed by atoms with Gasteiger partial charge in [-0.25, -0.2) is 9.97 Å². The van der Waals surface area contributed by atoms with Crippen LogP contribution in [0.25, 0.3) is 0 Å². The van der Waals surface area contributed by atoms with Gasteiger partial charge in [-0.3, -0.25) is 4.79 Å². The summed E-state index contributed by atoms with van der Waals surface area (Å²) in [4.78, 5) is 25.4. The molecule has 1 aromatic rings. The molecule has 0 radical (unpaired) electrons. The molecule has 0 spiro atoms. The van der Waals surface area contributed by atoms with Crippen LogP contribution in [0.3, 0.4) is 0 Å². The van der Waals surface area contributed by atoms with E-state index in [2.05, 4.69) is 42.6 Å². The number of hydrogen-bond donors (Lipinski definition) is 0. The lowest BCUT2D eigenvalue weighted by Crippen LogP contribution is -2.33. The third kappa shape index (κ3) is 5.28. The fourth-order valence-corrected chi connectivity index (χ4v) is 2.48. The van der Waals surface area contributed by atoms with Gasteiger partial charge in [-0.2, -0.15) is 0 Å². The van der Waals surface area contributed by atoms with Crippen molar-refractivity contribution >= 4 is 11.9 Å².